The van der Waals surface area contributed by atoms with Crippen LogP contribution in [-0.4, -0.2) is 9.90 Å². The third-order valence-electron chi connectivity index (χ3n) is 4.54. The van der Waals surface area contributed by atoms with E-state index < -0.39 is 0 Å². The SMILES string of the molecule is C[n+]1[nH]n(Cc2ccccc2)c(=O)c1Cc1ccc2ccccc2c1. The Morgan fingerprint density at radius 1 is 0.880 bits per heavy atom. The lowest BCUT2D eigenvalue weighted by molar-refractivity contribution is -0.738. The van der Waals surface area contributed by atoms with Gasteiger partial charge in [-0.3, -0.25) is 0 Å². The smallest absolute Gasteiger partial charge is 0.235 e. The molecule has 25 heavy (non-hydrogen) atoms. The Morgan fingerprint density at radius 2 is 1.60 bits per heavy atom. The van der Waals surface area contributed by atoms with Crippen molar-refractivity contribution in [2.24, 2.45) is 7.05 Å². The Hall–Kier alpha value is -3.14. The second-order valence-electron chi connectivity index (χ2n) is 6.34. The summed E-state index contributed by atoms with van der Waals surface area (Å²) in [7, 11) is 1.89. The molecule has 0 spiro atoms. The van der Waals surface area contributed by atoms with Crippen molar-refractivity contribution >= 4 is 10.8 Å². The van der Waals surface area contributed by atoms with E-state index in [1.165, 1.54) is 10.8 Å². The van der Waals surface area contributed by atoms with Gasteiger partial charge in [0.2, 0.25) is 5.69 Å². The molecule has 0 aliphatic heterocycles. The molecule has 4 nitrogen and oxygen atoms in total. The average molecular weight is 330 g/mol. The predicted molar refractivity (Wildman–Crippen MR) is 98.5 cm³/mol. The molecule has 0 aliphatic rings. The van der Waals surface area contributed by atoms with Crippen molar-refractivity contribution in [1.29, 1.82) is 0 Å². The largest absolute Gasteiger partial charge is 0.396 e. The van der Waals surface area contributed by atoms with Crippen LogP contribution in [0.15, 0.2) is 77.6 Å². The lowest BCUT2D eigenvalue weighted by Crippen LogP contribution is -2.36. The topological polar surface area (TPSA) is 41.7 Å². The van der Waals surface area contributed by atoms with Gasteiger partial charge in [0.1, 0.15) is 13.6 Å². The number of fused-ring (bicyclic) bond motifs is 1. The maximum absolute atomic E-state index is 12.8. The molecule has 124 valence electrons. The minimum absolute atomic E-state index is 0.0273. The van der Waals surface area contributed by atoms with E-state index in [-0.39, 0.29) is 5.56 Å². The van der Waals surface area contributed by atoms with E-state index in [1.807, 2.05) is 54.2 Å². The van der Waals surface area contributed by atoms with Crippen LogP contribution in [0.4, 0.5) is 0 Å². The van der Waals surface area contributed by atoms with Gasteiger partial charge in [-0.15, -0.1) is 4.68 Å². The fraction of sp³-hybridized carbons (Fsp3) is 0.143. The molecule has 1 N–H and O–H groups in total. The standard InChI is InChI=1S/C21H19N3O/c1-23-20(14-17-11-12-18-9-5-6-10-19(18)13-17)21(25)24(22-23)15-16-7-3-2-4-8-16/h2-13H,14-15H2,1H3/p+1. The molecule has 1 aromatic heterocycles. The van der Waals surface area contributed by atoms with Gasteiger partial charge in [0.25, 0.3) is 0 Å². The number of aryl methyl sites for hydroxylation is 1. The van der Waals surface area contributed by atoms with E-state index in [9.17, 15) is 4.79 Å². The molecule has 0 fully saturated rings. The Balaban J connectivity index is 1.65. The highest BCUT2D eigenvalue weighted by Gasteiger charge is 2.19. The lowest BCUT2D eigenvalue weighted by Gasteiger charge is -2.01. The number of hydrogen-bond donors (Lipinski definition) is 1. The first kappa shape index (κ1) is 15.4. The molecule has 0 bridgehead atoms. The summed E-state index contributed by atoms with van der Waals surface area (Å²) < 4.78 is 3.48. The first-order valence-corrected chi connectivity index (χ1v) is 8.40. The van der Waals surface area contributed by atoms with E-state index >= 15 is 0 Å². The van der Waals surface area contributed by atoms with Gasteiger partial charge < -0.3 is 0 Å². The summed E-state index contributed by atoms with van der Waals surface area (Å²) in [5.74, 6) is 0. The number of nitrogens with one attached hydrogen (secondary N) is 1. The van der Waals surface area contributed by atoms with Crippen LogP contribution in [0.2, 0.25) is 0 Å². The first-order chi connectivity index (χ1) is 12.2. The number of aromatic nitrogens is 3. The Morgan fingerprint density at radius 3 is 2.40 bits per heavy atom. The quantitative estimate of drug-likeness (QED) is 0.575. The normalized spacial score (nSPS) is 11.1. The van der Waals surface area contributed by atoms with Crippen LogP contribution in [0, 0.1) is 0 Å². The molecular weight excluding hydrogens is 310 g/mol. The average Bonchev–Trinajstić information content (AvgIpc) is 2.90. The fourth-order valence-corrected chi connectivity index (χ4v) is 3.20. The maximum atomic E-state index is 12.8. The zero-order valence-corrected chi connectivity index (χ0v) is 14.1. The van der Waals surface area contributed by atoms with E-state index in [1.54, 1.807) is 4.68 Å². The predicted octanol–water partition coefficient (Wildman–Crippen LogP) is 2.79. The van der Waals surface area contributed by atoms with Crippen LogP contribution < -0.4 is 10.2 Å². The van der Waals surface area contributed by atoms with Crippen molar-refractivity contribution in [1.82, 2.24) is 9.90 Å². The molecule has 4 rings (SSSR count). The van der Waals surface area contributed by atoms with E-state index in [0.29, 0.717) is 13.0 Å². The van der Waals surface area contributed by atoms with Crippen molar-refractivity contribution in [3.8, 4) is 0 Å². The number of aromatic amines is 1. The summed E-state index contributed by atoms with van der Waals surface area (Å²) >= 11 is 0. The molecule has 0 saturated heterocycles. The van der Waals surface area contributed by atoms with E-state index in [0.717, 1.165) is 16.8 Å². The van der Waals surface area contributed by atoms with Crippen molar-refractivity contribution in [2.45, 2.75) is 13.0 Å². The molecule has 4 aromatic rings. The van der Waals surface area contributed by atoms with Gasteiger partial charge in [-0.2, -0.15) is 4.68 Å². The van der Waals surface area contributed by atoms with Crippen LogP contribution in [0.3, 0.4) is 0 Å². The zero-order chi connectivity index (χ0) is 17.2. The number of H-pyrrole nitrogens is 1. The molecule has 0 radical (unpaired) electrons. The minimum atomic E-state index is 0.0273. The van der Waals surface area contributed by atoms with Gasteiger partial charge in [0, 0.05) is 6.42 Å². The number of hydrogen-bond acceptors (Lipinski definition) is 1. The monoisotopic (exact) mass is 330 g/mol. The second kappa shape index (κ2) is 6.40. The second-order valence-corrected chi connectivity index (χ2v) is 6.34. The summed E-state index contributed by atoms with van der Waals surface area (Å²) in [6.07, 6.45) is 0.610. The van der Waals surface area contributed by atoms with Crippen LogP contribution in [-0.2, 0) is 20.0 Å². The molecular formula is C21H20N3O+. The molecule has 0 saturated carbocycles. The number of benzene rings is 3. The van der Waals surface area contributed by atoms with Crippen molar-refractivity contribution in [2.75, 3.05) is 0 Å². The fourth-order valence-electron chi connectivity index (χ4n) is 3.20. The van der Waals surface area contributed by atoms with Gasteiger partial charge in [0.05, 0.1) is 0 Å². The third-order valence-corrected chi connectivity index (χ3v) is 4.54. The summed E-state index contributed by atoms with van der Waals surface area (Å²) in [5.41, 5.74) is 3.02. The Labute approximate surface area is 145 Å². The molecule has 0 unspecified atom stereocenters. The molecule has 0 atom stereocenters. The summed E-state index contributed by atoms with van der Waals surface area (Å²) in [5, 5.41) is 5.55. The first-order valence-electron chi connectivity index (χ1n) is 8.40. The van der Waals surface area contributed by atoms with E-state index in [2.05, 4.69) is 35.5 Å². The summed E-state index contributed by atoms with van der Waals surface area (Å²) in [4.78, 5) is 12.8. The van der Waals surface area contributed by atoms with Crippen molar-refractivity contribution in [3.05, 3.63) is 100.0 Å². The Bertz CT molecular complexity index is 1080. The van der Waals surface area contributed by atoms with Gasteiger partial charge in [-0.1, -0.05) is 78.0 Å². The highest BCUT2D eigenvalue weighted by atomic mass is 16.1. The van der Waals surface area contributed by atoms with E-state index in [4.69, 9.17) is 0 Å². The number of nitrogens with zero attached hydrogens (tertiary/aromatic N) is 2. The van der Waals surface area contributed by atoms with Crippen molar-refractivity contribution in [3.63, 3.8) is 0 Å². The third kappa shape index (κ3) is 3.11. The molecule has 4 heteroatoms. The van der Waals surface area contributed by atoms with Crippen LogP contribution >= 0.6 is 0 Å². The number of rotatable bonds is 4. The van der Waals surface area contributed by atoms with Gasteiger partial charge in [0.15, 0.2) is 0 Å². The Kier molecular flexibility index (Phi) is 3.94. The summed E-state index contributed by atoms with van der Waals surface area (Å²) in [6.45, 7) is 0.547. The van der Waals surface area contributed by atoms with Crippen LogP contribution in [0.1, 0.15) is 16.8 Å². The van der Waals surface area contributed by atoms with Gasteiger partial charge >= 0.3 is 5.56 Å². The molecule has 0 aliphatic carbocycles. The molecule has 3 aromatic carbocycles. The van der Waals surface area contributed by atoms with Gasteiger partial charge in [-0.05, 0) is 21.9 Å². The molecule has 1 heterocycles. The minimum Gasteiger partial charge on any atom is -0.235 e. The van der Waals surface area contributed by atoms with Crippen LogP contribution in [0.5, 0.6) is 0 Å². The lowest BCUT2D eigenvalue weighted by atomic mass is 10.0. The highest BCUT2D eigenvalue weighted by Crippen LogP contribution is 2.16. The van der Waals surface area contributed by atoms with Crippen LogP contribution in [0.25, 0.3) is 10.8 Å². The molecule has 0 amide bonds. The maximum Gasteiger partial charge on any atom is 0.396 e. The zero-order valence-electron chi connectivity index (χ0n) is 14.1. The van der Waals surface area contributed by atoms with Gasteiger partial charge in [-0.25, -0.2) is 4.79 Å². The highest BCUT2D eigenvalue weighted by molar-refractivity contribution is 5.83. The summed E-state index contributed by atoms with van der Waals surface area (Å²) in [6, 6.07) is 24.6. The van der Waals surface area contributed by atoms with Crippen molar-refractivity contribution < 1.29 is 4.68 Å².